The Morgan fingerprint density at radius 1 is 1.00 bits per heavy atom. The van der Waals surface area contributed by atoms with Gasteiger partial charge in [-0.2, -0.15) is 0 Å². The summed E-state index contributed by atoms with van der Waals surface area (Å²) in [7, 11) is 0. The molecule has 106 valence electrons. The van der Waals surface area contributed by atoms with Crippen molar-refractivity contribution in [2.75, 3.05) is 6.54 Å². The molecule has 2 nitrogen and oxygen atoms in total. The van der Waals surface area contributed by atoms with Crippen molar-refractivity contribution in [3.63, 3.8) is 0 Å². The fraction of sp³-hybridized carbons (Fsp3) is 0.389. The minimum Gasteiger partial charge on any atom is -0.308 e. The number of benzene rings is 1. The van der Waals surface area contributed by atoms with Crippen LogP contribution in [0.1, 0.15) is 43.1 Å². The highest BCUT2D eigenvalue weighted by Crippen LogP contribution is 2.17. The molecule has 0 amide bonds. The van der Waals surface area contributed by atoms with Crippen molar-refractivity contribution in [3.8, 4) is 0 Å². The second-order valence-electron chi connectivity index (χ2n) is 5.14. The fourth-order valence-electron chi connectivity index (χ4n) is 2.33. The molecule has 1 aromatic heterocycles. The molecule has 2 aromatic rings. The summed E-state index contributed by atoms with van der Waals surface area (Å²) in [6.07, 6.45) is 5.09. The van der Waals surface area contributed by atoms with Crippen LogP contribution in [0.15, 0.2) is 48.7 Å². The first-order valence-electron chi connectivity index (χ1n) is 7.55. The molecule has 0 bridgehead atoms. The van der Waals surface area contributed by atoms with E-state index in [1.807, 2.05) is 12.3 Å². The summed E-state index contributed by atoms with van der Waals surface area (Å²) in [5.74, 6) is 0. The zero-order valence-electron chi connectivity index (χ0n) is 12.5. The molecule has 0 saturated carbocycles. The molecular weight excluding hydrogens is 244 g/mol. The molecule has 0 radical (unpaired) electrons. The minimum atomic E-state index is 0.295. The van der Waals surface area contributed by atoms with Gasteiger partial charge in [0.15, 0.2) is 0 Å². The van der Waals surface area contributed by atoms with Gasteiger partial charge < -0.3 is 5.32 Å². The number of hydrogen-bond donors (Lipinski definition) is 1. The Kier molecular flexibility index (Phi) is 5.75. The van der Waals surface area contributed by atoms with E-state index in [1.165, 1.54) is 11.1 Å². The molecule has 0 aliphatic heterocycles. The molecular formula is C18H24N2. The summed E-state index contributed by atoms with van der Waals surface area (Å²) in [6.45, 7) is 5.40. The zero-order valence-corrected chi connectivity index (χ0v) is 12.5. The summed E-state index contributed by atoms with van der Waals surface area (Å²) in [6, 6.07) is 15.4. The second kappa shape index (κ2) is 7.81. The van der Waals surface area contributed by atoms with Crippen LogP contribution in [0, 0.1) is 0 Å². The predicted octanol–water partition coefficient (Wildman–Crippen LogP) is 3.93. The van der Waals surface area contributed by atoms with Crippen molar-refractivity contribution < 1.29 is 0 Å². The second-order valence-corrected chi connectivity index (χ2v) is 5.14. The molecule has 1 heterocycles. The Morgan fingerprint density at radius 2 is 1.75 bits per heavy atom. The van der Waals surface area contributed by atoms with E-state index in [1.54, 1.807) is 0 Å². The van der Waals surface area contributed by atoms with Gasteiger partial charge >= 0.3 is 0 Å². The van der Waals surface area contributed by atoms with Crippen LogP contribution >= 0.6 is 0 Å². The largest absolute Gasteiger partial charge is 0.308 e. The summed E-state index contributed by atoms with van der Waals surface area (Å²) >= 11 is 0. The van der Waals surface area contributed by atoms with E-state index >= 15 is 0 Å². The Morgan fingerprint density at radius 3 is 2.35 bits per heavy atom. The number of nitrogens with one attached hydrogen (secondary N) is 1. The van der Waals surface area contributed by atoms with Crippen LogP contribution < -0.4 is 5.32 Å². The summed E-state index contributed by atoms with van der Waals surface area (Å²) in [4.78, 5) is 4.50. The lowest BCUT2D eigenvalue weighted by Crippen LogP contribution is -2.24. The van der Waals surface area contributed by atoms with Crippen LogP contribution in [-0.2, 0) is 12.8 Å². The van der Waals surface area contributed by atoms with Crippen LogP contribution in [0.4, 0.5) is 0 Å². The van der Waals surface area contributed by atoms with E-state index in [0.717, 1.165) is 31.5 Å². The molecule has 0 spiro atoms. The van der Waals surface area contributed by atoms with Gasteiger partial charge in [-0.3, -0.25) is 4.98 Å². The lowest BCUT2D eigenvalue weighted by atomic mass is 10.0. The highest BCUT2D eigenvalue weighted by Gasteiger charge is 2.12. The fourth-order valence-corrected chi connectivity index (χ4v) is 2.33. The summed E-state index contributed by atoms with van der Waals surface area (Å²) in [5, 5.41) is 3.60. The van der Waals surface area contributed by atoms with Gasteiger partial charge in [-0.05, 0) is 49.1 Å². The van der Waals surface area contributed by atoms with Gasteiger partial charge in [0, 0.05) is 6.20 Å². The lowest BCUT2D eigenvalue weighted by Gasteiger charge is -2.18. The molecule has 1 atom stereocenters. The molecule has 1 aromatic carbocycles. The first-order valence-corrected chi connectivity index (χ1v) is 7.55. The topological polar surface area (TPSA) is 24.9 Å². The molecule has 0 fully saturated rings. The van der Waals surface area contributed by atoms with E-state index in [-0.39, 0.29) is 0 Å². The van der Waals surface area contributed by atoms with E-state index in [0.29, 0.717) is 6.04 Å². The van der Waals surface area contributed by atoms with Crippen molar-refractivity contribution in [2.45, 2.75) is 39.2 Å². The van der Waals surface area contributed by atoms with Crippen LogP contribution in [0.3, 0.4) is 0 Å². The standard InChI is InChI=1S/C18H24N2/c1-3-12-19-18(17-7-5-6-13-20-17)14-16-10-8-15(4-2)9-11-16/h5-11,13,18-19H,3-4,12,14H2,1-2H3. The van der Waals surface area contributed by atoms with Gasteiger partial charge in [0.1, 0.15) is 0 Å². The number of pyridine rings is 1. The zero-order chi connectivity index (χ0) is 14.2. The quantitative estimate of drug-likeness (QED) is 0.823. The van der Waals surface area contributed by atoms with Crippen molar-refractivity contribution in [2.24, 2.45) is 0 Å². The number of hydrogen-bond acceptors (Lipinski definition) is 2. The van der Waals surface area contributed by atoms with Gasteiger partial charge in [0.25, 0.3) is 0 Å². The minimum absolute atomic E-state index is 0.295. The monoisotopic (exact) mass is 268 g/mol. The molecule has 20 heavy (non-hydrogen) atoms. The average Bonchev–Trinajstić information content (AvgIpc) is 2.53. The third kappa shape index (κ3) is 4.17. The van der Waals surface area contributed by atoms with E-state index < -0.39 is 0 Å². The van der Waals surface area contributed by atoms with Crippen LogP contribution in [0.5, 0.6) is 0 Å². The van der Waals surface area contributed by atoms with Gasteiger partial charge in [-0.1, -0.05) is 44.2 Å². The normalized spacial score (nSPS) is 12.3. The summed E-state index contributed by atoms with van der Waals surface area (Å²) < 4.78 is 0. The molecule has 2 heteroatoms. The highest BCUT2D eigenvalue weighted by molar-refractivity contribution is 5.24. The van der Waals surface area contributed by atoms with E-state index in [4.69, 9.17) is 0 Å². The number of nitrogens with zero attached hydrogens (tertiary/aromatic N) is 1. The Labute approximate surface area is 122 Å². The van der Waals surface area contributed by atoms with Crippen molar-refractivity contribution in [1.82, 2.24) is 10.3 Å². The van der Waals surface area contributed by atoms with Gasteiger partial charge in [0.2, 0.25) is 0 Å². The molecule has 0 aliphatic carbocycles. The SMILES string of the molecule is CCCNC(Cc1ccc(CC)cc1)c1ccccn1. The smallest absolute Gasteiger partial charge is 0.0576 e. The van der Waals surface area contributed by atoms with E-state index in [9.17, 15) is 0 Å². The number of aromatic nitrogens is 1. The molecule has 0 saturated heterocycles. The third-order valence-electron chi connectivity index (χ3n) is 3.56. The van der Waals surface area contributed by atoms with Crippen LogP contribution in [0.25, 0.3) is 0 Å². The Hall–Kier alpha value is -1.67. The van der Waals surface area contributed by atoms with E-state index in [2.05, 4.69) is 60.5 Å². The highest BCUT2D eigenvalue weighted by atomic mass is 14.9. The lowest BCUT2D eigenvalue weighted by molar-refractivity contribution is 0.518. The Bertz CT molecular complexity index is 491. The van der Waals surface area contributed by atoms with Crippen molar-refractivity contribution in [1.29, 1.82) is 0 Å². The third-order valence-corrected chi connectivity index (χ3v) is 3.56. The van der Waals surface area contributed by atoms with Gasteiger partial charge in [0.05, 0.1) is 11.7 Å². The first kappa shape index (κ1) is 14.7. The maximum Gasteiger partial charge on any atom is 0.0576 e. The predicted molar refractivity (Wildman–Crippen MR) is 84.8 cm³/mol. The van der Waals surface area contributed by atoms with Gasteiger partial charge in [-0.25, -0.2) is 0 Å². The number of rotatable bonds is 7. The molecule has 1 N–H and O–H groups in total. The molecule has 1 unspecified atom stereocenters. The maximum atomic E-state index is 4.50. The van der Waals surface area contributed by atoms with Crippen molar-refractivity contribution >= 4 is 0 Å². The molecule has 0 aliphatic rings. The molecule has 2 rings (SSSR count). The van der Waals surface area contributed by atoms with Crippen LogP contribution in [0.2, 0.25) is 0 Å². The van der Waals surface area contributed by atoms with Crippen molar-refractivity contribution in [3.05, 3.63) is 65.5 Å². The summed E-state index contributed by atoms with van der Waals surface area (Å²) in [5.41, 5.74) is 3.88. The maximum absolute atomic E-state index is 4.50. The first-order chi connectivity index (χ1) is 9.83. The van der Waals surface area contributed by atoms with Gasteiger partial charge in [-0.15, -0.1) is 0 Å². The van der Waals surface area contributed by atoms with Crippen LogP contribution in [-0.4, -0.2) is 11.5 Å². The Balaban J connectivity index is 2.10. The average molecular weight is 268 g/mol. The number of aryl methyl sites for hydroxylation is 1.